The molecule has 0 spiro atoms. The van der Waals surface area contributed by atoms with Crippen molar-refractivity contribution >= 4 is 5.91 Å². The van der Waals surface area contributed by atoms with E-state index < -0.39 is 0 Å². The van der Waals surface area contributed by atoms with E-state index in [9.17, 15) is 4.79 Å². The number of piperazine rings is 1. The van der Waals surface area contributed by atoms with Gasteiger partial charge in [0.25, 0.3) is 0 Å². The van der Waals surface area contributed by atoms with E-state index in [0.29, 0.717) is 19.0 Å². The summed E-state index contributed by atoms with van der Waals surface area (Å²) in [5, 5.41) is 3.09. The van der Waals surface area contributed by atoms with Crippen LogP contribution in [0.1, 0.15) is 29.5 Å². The molecule has 0 radical (unpaired) electrons. The number of carbonyl (C=O) groups excluding carboxylic acids is 1. The molecule has 1 aliphatic rings. The highest BCUT2D eigenvalue weighted by Gasteiger charge is 2.20. The van der Waals surface area contributed by atoms with E-state index in [-0.39, 0.29) is 5.91 Å². The molecule has 6 heteroatoms. The van der Waals surface area contributed by atoms with E-state index in [2.05, 4.69) is 47.2 Å². The standard InChI is InChI=1S/C25H35N3O3/c1-19-14-23(30-3)24(31-4)15-22(19)17-27-10-12-28(13-11-27)18-25(29)26-16-20(2)21-8-6-5-7-9-21/h5-9,14-15,20H,10-13,16-18H2,1-4H3,(H,26,29)/t20-/m0/s1. The molecule has 6 nitrogen and oxygen atoms in total. The molecule has 1 fully saturated rings. The number of rotatable bonds is 9. The summed E-state index contributed by atoms with van der Waals surface area (Å²) in [6.07, 6.45) is 0. The zero-order chi connectivity index (χ0) is 22.2. The number of aryl methyl sites for hydroxylation is 1. The van der Waals surface area contributed by atoms with Crippen LogP contribution >= 0.6 is 0 Å². The first kappa shape index (κ1) is 23.1. The lowest BCUT2D eigenvalue weighted by molar-refractivity contribution is -0.122. The van der Waals surface area contributed by atoms with Gasteiger partial charge in [0.05, 0.1) is 20.8 Å². The lowest BCUT2D eigenvalue weighted by Gasteiger charge is -2.34. The van der Waals surface area contributed by atoms with Crippen LogP contribution in [-0.2, 0) is 11.3 Å². The Morgan fingerprint density at radius 1 is 1.00 bits per heavy atom. The van der Waals surface area contributed by atoms with Crippen molar-refractivity contribution in [1.82, 2.24) is 15.1 Å². The number of carbonyl (C=O) groups is 1. The predicted molar refractivity (Wildman–Crippen MR) is 124 cm³/mol. The van der Waals surface area contributed by atoms with E-state index in [4.69, 9.17) is 9.47 Å². The van der Waals surface area contributed by atoms with Crippen LogP contribution < -0.4 is 14.8 Å². The van der Waals surface area contributed by atoms with Gasteiger partial charge in [0.2, 0.25) is 5.91 Å². The Labute approximate surface area is 186 Å². The third kappa shape index (κ3) is 6.45. The summed E-state index contributed by atoms with van der Waals surface area (Å²) in [7, 11) is 3.33. The minimum Gasteiger partial charge on any atom is -0.493 e. The summed E-state index contributed by atoms with van der Waals surface area (Å²) in [6, 6.07) is 14.4. The van der Waals surface area contributed by atoms with Crippen molar-refractivity contribution < 1.29 is 14.3 Å². The van der Waals surface area contributed by atoms with Gasteiger partial charge in [-0.05, 0) is 41.7 Å². The molecule has 1 saturated heterocycles. The fourth-order valence-corrected chi connectivity index (χ4v) is 3.96. The summed E-state index contributed by atoms with van der Waals surface area (Å²) in [5.74, 6) is 1.95. The fraction of sp³-hybridized carbons (Fsp3) is 0.480. The highest BCUT2D eigenvalue weighted by Crippen LogP contribution is 2.31. The summed E-state index contributed by atoms with van der Waals surface area (Å²) in [6.45, 7) is 9.94. The van der Waals surface area contributed by atoms with Gasteiger partial charge in [0.15, 0.2) is 11.5 Å². The number of ether oxygens (including phenoxy) is 2. The highest BCUT2D eigenvalue weighted by molar-refractivity contribution is 5.78. The van der Waals surface area contributed by atoms with Crippen LogP contribution in [0.5, 0.6) is 11.5 Å². The van der Waals surface area contributed by atoms with Crippen LogP contribution in [0.25, 0.3) is 0 Å². The average molecular weight is 426 g/mol. The summed E-state index contributed by atoms with van der Waals surface area (Å²) < 4.78 is 10.8. The number of hydrogen-bond acceptors (Lipinski definition) is 5. The smallest absolute Gasteiger partial charge is 0.234 e. The largest absolute Gasteiger partial charge is 0.493 e. The minimum atomic E-state index is 0.104. The molecule has 168 valence electrons. The van der Waals surface area contributed by atoms with Crippen molar-refractivity contribution in [3.63, 3.8) is 0 Å². The van der Waals surface area contributed by atoms with Crippen LogP contribution in [-0.4, -0.2) is 69.2 Å². The second-order valence-corrected chi connectivity index (χ2v) is 8.30. The lowest BCUT2D eigenvalue weighted by Crippen LogP contribution is -2.49. The molecule has 1 heterocycles. The number of nitrogens with one attached hydrogen (secondary N) is 1. The number of nitrogens with zero attached hydrogens (tertiary/aromatic N) is 2. The van der Waals surface area contributed by atoms with E-state index in [1.807, 2.05) is 24.3 Å². The molecule has 1 aliphatic heterocycles. The van der Waals surface area contributed by atoms with Gasteiger partial charge in [-0.15, -0.1) is 0 Å². The van der Waals surface area contributed by atoms with Crippen molar-refractivity contribution in [3.05, 3.63) is 59.2 Å². The first-order valence-corrected chi connectivity index (χ1v) is 11.0. The van der Waals surface area contributed by atoms with Crippen LogP contribution in [0.15, 0.2) is 42.5 Å². The second kappa shape index (κ2) is 11.2. The molecule has 0 saturated carbocycles. The molecule has 2 aromatic carbocycles. The number of methoxy groups -OCH3 is 2. The van der Waals surface area contributed by atoms with Gasteiger partial charge in [-0.3, -0.25) is 14.6 Å². The number of benzene rings is 2. The molecule has 2 aromatic rings. The Bertz CT molecular complexity index is 849. The Balaban J connectivity index is 1.43. The first-order valence-electron chi connectivity index (χ1n) is 11.0. The van der Waals surface area contributed by atoms with Crippen molar-refractivity contribution in [2.45, 2.75) is 26.3 Å². The van der Waals surface area contributed by atoms with E-state index in [1.165, 1.54) is 16.7 Å². The zero-order valence-electron chi connectivity index (χ0n) is 19.2. The molecular formula is C25H35N3O3. The average Bonchev–Trinajstić information content (AvgIpc) is 2.80. The minimum absolute atomic E-state index is 0.104. The lowest BCUT2D eigenvalue weighted by atomic mass is 10.0. The predicted octanol–water partition coefficient (Wildman–Crippen LogP) is 3.05. The Morgan fingerprint density at radius 3 is 2.26 bits per heavy atom. The molecule has 0 aromatic heterocycles. The van der Waals surface area contributed by atoms with Gasteiger partial charge in [0.1, 0.15) is 0 Å². The second-order valence-electron chi connectivity index (χ2n) is 8.30. The van der Waals surface area contributed by atoms with Gasteiger partial charge in [-0.25, -0.2) is 0 Å². The normalized spacial score (nSPS) is 16.0. The maximum Gasteiger partial charge on any atom is 0.234 e. The Morgan fingerprint density at radius 2 is 1.61 bits per heavy atom. The summed E-state index contributed by atoms with van der Waals surface area (Å²) >= 11 is 0. The quantitative estimate of drug-likeness (QED) is 0.669. The van der Waals surface area contributed by atoms with Gasteiger partial charge in [-0.2, -0.15) is 0 Å². The molecule has 1 amide bonds. The molecule has 31 heavy (non-hydrogen) atoms. The van der Waals surface area contributed by atoms with Gasteiger partial charge < -0.3 is 14.8 Å². The van der Waals surface area contributed by atoms with E-state index in [0.717, 1.165) is 44.2 Å². The third-order valence-electron chi connectivity index (χ3n) is 6.04. The number of amides is 1. The summed E-state index contributed by atoms with van der Waals surface area (Å²) in [4.78, 5) is 17.1. The highest BCUT2D eigenvalue weighted by atomic mass is 16.5. The van der Waals surface area contributed by atoms with Crippen molar-refractivity contribution in [2.24, 2.45) is 0 Å². The molecule has 1 atom stereocenters. The van der Waals surface area contributed by atoms with Crippen molar-refractivity contribution in [1.29, 1.82) is 0 Å². The fourth-order valence-electron chi connectivity index (χ4n) is 3.96. The maximum atomic E-state index is 12.4. The Hall–Kier alpha value is -2.57. The SMILES string of the molecule is COc1cc(C)c(CN2CCN(CC(=O)NC[C@H](C)c3ccccc3)CC2)cc1OC. The van der Waals surface area contributed by atoms with Gasteiger partial charge in [0, 0.05) is 39.3 Å². The van der Waals surface area contributed by atoms with Crippen LogP contribution in [0.2, 0.25) is 0 Å². The first-order chi connectivity index (χ1) is 15.0. The molecule has 0 aliphatic carbocycles. The van der Waals surface area contributed by atoms with Crippen molar-refractivity contribution in [3.8, 4) is 11.5 Å². The maximum absolute atomic E-state index is 12.4. The molecule has 0 unspecified atom stereocenters. The molecular weight excluding hydrogens is 390 g/mol. The van der Waals surface area contributed by atoms with Crippen molar-refractivity contribution in [2.75, 3.05) is 53.5 Å². The van der Waals surface area contributed by atoms with E-state index in [1.54, 1.807) is 14.2 Å². The molecule has 0 bridgehead atoms. The summed E-state index contributed by atoms with van der Waals surface area (Å²) in [5.41, 5.74) is 3.70. The monoisotopic (exact) mass is 425 g/mol. The third-order valence-corrected chi connectivity index (χ3v) is 6.04. The molecule has 3 rings (SSSR count). The van der Waals surface area contributed by atoms with Crippen LogP contribution in [0.3, 0.4) is 0 Å². The number of hydrogen-bond donors (Lipinski definition) is 1. The topological polar surface area (TPSA) is 54.0 Å². The van der Waals surface area contributed by atoms with Gasteiger partial charge in [-0.1, -0.05) is 37.3 Å². The van der Waals surface area contributed by atoms with Gasteiger partial charge >= 0.3 is 0 Å². The van der Waals surface area contributed by atoms with Crippen LogP contribution in [0.4, 0.5) is 0 Å². The van der Waals surface area contributed by atoms with E-state index >= 15 is 0 Å². The zero-order valence-corrected chi connectivity index (χ0v) is 19.2. The Kier molecular flexibility index (Phi) is 8.32. The van der Waals surface area contributed by atoms with Crippen LogP contribution in [0, 0.1) is 6.92 Å². The molecule has 1 N–H and O–H groups in total.